The van der Waals surface area contributed by atoms with E-state index in [1.807, 2.05) is 12.2 Å². The third-order valence-corrected chi connectivity index (χ3v) is 4.90. The molecule has 33 heavy (non-hydrogen) atoms. The number of aliphatic hydroxyl groups is 3. The van der Waals surface area contributed by atoms with E-state index in [2.05, 4.69) is 80.5 Å². The number of allylic oxidation sites excluding steroid dienone is 8. The largest absolute Gasteiger partial charge is 0.396 e. The fourth-order valence-electron chi connectivity index (χ4n) is 2.71. The molecule has 0 aliphatic rings. The first-order valence-corrected chi connectivity index (χ1v) is 12.5. The van der Waals surface area contributed by atoms with Gasteiger partial charge in [0.05, 0.1) is 13.2 Å². The summed E-state index contributed by atoms with van der Waals surface area (Å²) in [5.41, 5.74) is 6.65. The first kappa shape index (κ1) is 36.2. The first-order chi connectivity index (χ1) is 15.5. The van der Waals surface area contributed by atoms with Crippen molar-refractivity contribution in [2.75, 3.05) is 19.8 Å². The molecule has 3 N–H and O–H groups in total. The highest BCUT2D eigenvalue weighted by Gasteiger charge is 1.98. The lowest BCUT2D eigenvalue weighted by atomic mass is 10.0. The maximum Gasteiger partial charge on any atom is 0.0614 e. The van der Waals surface area contributed by atoms with Crippen molar-refractivity contribution in [3.8, 4) is 0 Å². The Morgan fingerprint density at radius 2 is 0.909 bits per heavy atom. The highest BCUT2D eigenvalue weighted by Crippen LogP contribution is 2.10. The van der Waals surface area contributed by atoms with E-state index in [9.17, 15) is 0 Å². The monoisotopic (exact) mass is 464 g/mol. The van der Waals surface area contributed by atoms with Gasteiger partial charge < -0.3 is 15.3 Å². The summed E-state index contributed by atoms with van der Waals surface area (Å²) in [6, 6.07) is 0. The molecule has 0 aliphatic carbocycles. The van der Waals surface area contributed by atoms with Gasteiger partial charge in [0.2, 0.25) is 0 Å². The van der Waals surface area contributed by atoms with Gasteiger partial charge >= 0.3 is 0 Å². The standard InChI is InChI=1S/C10H20O.2C10H18O/c3*1-9(2)5-4-6-10(3)7-8-11/h5,10-11H,4,6-8H2,1-3H3;2*5,7,11H,4,6,8H2,1-3H3/b;2*10-7+. The van der Waals surface area contributed by atoms with Gasteiger partial charge in [-0.2, -0.15) is 0 Å². The molecule has 3 heteroatoms. The first-order valence-electron chi connectivity index (χ1n) is 12.5. The van der Waals surface area contributed by atoms with Gasteiger partial charge in [0, 0.05) is 6.61 Å². The van der Waals surface area contributed by atoms with Gasteiger partial charge in [0.25, 0.3) is 0 Å². The molecule has 0 aromatic carbocycles. The van der Waals surface area contributed by atoms with Crippen LogP contribution in [-0.4, -0.2) is 35.1 Å². The normalized spacial score (nSPS) is 11.9. The molecule has 0 aliphatic heterocycles. The molecule has 0 radical (unpaired) electrons. The lowest BCUT2D eigenvalue weighted by molar-refractivity contribution is 0.259. The van der Waals surface area contributed by atoms with Crippen LogP contribution in [0.5, 0.6) is 0 Å². The van der Waals surface area contributed by atoms with Crippen molar-refractivity contribution in [2.24, 2.45) is 5.92 Å². The lowest BCUT2D eigenvalue weighted by Gasteiger charge is -2.06. The summed E-state index contributed by atoms with van der Waals surface area (Å²) in [6.45, 7) is 19.6. The average Bonchev–Trinajstić information content (AvgIpc) is 2.69. The SMILES string of the molecule is CC(C)=CCC/C(C)=C/CO.CC(C)=CCC/C(C)=C/CO.CC(C)=CCCC(C)CCO. The number of hydrogen-bond donors (Lipinski definition) is 3. The Hall–Kier alpha value is -1.42. The highest BCUT2D eigenvalue weighted by molar-refractivity contribution is 5.02. The Morgan fingerprint density at radius 3 is 1.21 bits per heavy atom. The van der Waals surface area contributed by atoms with Gasteiger partial charge in [-0.25, -0.2) is 0 Å². The van der Waals surface area contributed by atoms with Crippen LogP contribution in [0.3, 0.4) is 0 Å². The smallest absolute Gasteiger partial charge is 0.0614 e. The van der Waals surface area contributed by atoms with Crippen LogP contribution in [0.25, 0.3) is 0 Å². The molecule has 0 saturated carbocycles. The van der Waals surface area contributed by atoms with Crippen molar-refractivity contribution in [2.45, 2.75) is 107 Å². The minimum Gasteiger partial charge on any atom is -0.396 e. The number of hydrogen-bond acceptors (Lipinski definition) is 3. The number of rotatable bonds is 13. The van der Waals surface area contributed by atoms with E-state index >= 15 is 0 Å². The molecular formula is C30H56O3. The molecule has 0 rings (SSSR count). The Balaban J connectivity index is -0.000000409. The number of aliphatic hydroxyl groups excluding tert-OH is 3. The third-order valence-electron chi connectivity index (χ3n) is 4.90. The molecule has 0 fully saturated rings. The van der Waals surface area contributed by atoms with E-state index in [0.29, 0.717) is 12.5 Å². The predicted molar refractivity (Wildman–Crippen MR) is 149 cm³/mol. The van der Waals surface area contributed by atoms with Gasteiger partial charge in [0.1, 0.15) is 0 Å². The summed E-state index contributed by atoms with van der Waals surface area (Å²) < 4.78 is 0. The van der Waals surface area contributed by atoms with Crippen LogP contribution in [0, 0.1) is 5.92 Å². The van der Waals surface area contributed by atoms with Crippen molar-refractivity contribution in [1.82, 2.24) is 0 Å². The maximum absolute atomic E-state index is 8.63. The molecule has 0 bridgehead atoms. The zero-order valence-corrected chi connectivity index (χ0v) is 23.4. The summed E-state index contributed by atoms with van der Waals surface area (Å²) in [7, 11) is 0. The maximum atomic E-state index is 8.63. The molecule has 0 heterocycles. The summed E-state index contributed by atoms with van der Waals surface area (Å²) in [5, 5.41) is 25.7. The van der Waals surface area contributed by atoms with Crippen LogP contribution in [0.1, 0.15) is 107 Å². The van der Waals surface area contributed by atoms with Crippen molar-refractivity contribution in [3.63, 3.8) is 0 Å². The van der Waals surface area contributed by atoms with Crippen molar-refractivity contribution in [1.29, 1.82) is 0 Å². The van der Waals surface area contributed by atoms with Gasteiger partial charge in [-0.3, -0.25) is 0 Å². The van der Waals surface area contributed by atoms with Crippen LogP contribution >= 0.6 is 0 Å². The summed E-state index contributed by atoms with van der Waals surface area (Å²) in [6.07, 6.45) is 18.0. The minimum absolute atomic E-state index is 0.167. The van der Waals surface area contributed by atoms with Gasteiger partial charge in [0.15, 0.2) is 0 Å². The van der Waals surface area contributed by atoms with E-state index in [1.54, 1.807) is 0 Å². The fourth-order valence-corrected chi connectivity index (χ4v) is 2.71. The topological polar surface area (TPSA) is 60.7 Å². The summed E-state index contributed by atoms with van der Waals surface area (Å²) >= 11 is 0. The Morgan fingerprint density at radius 1 is 0.545 bits per heavy atom. The Bertz CT molecular complexity index is 542. The average molecular weight is 465 g/mol. The third kappa shape index (κ3) is 38.2. The van der Waals surface area contributed by atoms with Crippen LogP contribution in [0.15, 0.2) is 58.2 Å². The molecule has 0 spiro atoms. The Kier molecular flexibility index (Phi) is 29.4. The summed E-state index contributed by atoms with van der Waals surface area (Å²) in [5.74, 6) is 0.663. The zero-order chi connectivity index (χ0) is 26.1. The quantitative estimate of drug-likeness (QED) is 0.241. The molecule has 0 aromatic heterocycles. The molecule has 1 atom stereocenters. The van der Waals surface area contributed by atoms with Gasteiger partial charge in [-0.1, -0.05) is 65.2 Å². The molecule has 0 saturated heterocycles. The predicted octanol–water partition coefficient (Wildman–Crippen LogP) is 8.09. The van der Waals surface area contributed by atoms with E-state index in [1.165, 1.54) is 34.3 Å². The van der Waals surface area contributed by atoms with Gasteiger partial charge in [-0.15, -0.1) is 0 Å². The highest BCUT2D eigenvalue weighted by atomic mass is 16.3. The van der Waals surface area contributed by atoms with E-state index in [4.69, 9.17) is 15.3 Å². The zero-order valence-electron chi connectivity index (χ0n) is 23.4. The molecule has 3 nitrogen and oxygen atoms in total. The van der Waals surface area contributed by atoms with Crippen molar-refractivity contribution >= 4 is 0 Å². The molecule has 0 aromatic rings. The minimum atomic E-state index is 0.167. The van der Waals surface area contributed by atoms with Gasteiger partial charge in [-0.05, 0) is 106 Å². The molecule has 1 unspecified atom stereocenters. The second-order valence-corrected chi connectivity index (χ2v) is 9.58. The molecule has 0 amide bonds. The van der Waals surface area contributed by atoms with Crippen LogP contribution in [0.4, 0.5) is 0 Å². The molecule has 194 valence electrons. The second kappa shape index (κ2) is 26.8. The Labute approximate surface area is 206 Å². The van der Waals surface area contributed by atoms with E-state index in [0.717, 1.165) is 38.5 Å². The van der Waals surface area contributed by atoms with Crippen molar-refractivity contribution in [3.05, 3.63) is 58.2 Å². The lowest BCUT2D eigenvalue weighted by Crippen LogP contribution is -1.96. The summed E-state index contributed by atoms with van der Waals surface area (Å²) in [4.78, 5) is 0. The van der Waals surface area contributed by atoms with Crippen LogP contribution in [0.2, 0.25) is 0 Å². The van der Waals surface area contributed by atoms with Crippen LogP contribution < -0.4 is 0 Å². The van der Waals surface area contributed by atoms with Crippen molar-refractivity contribution < 1.29 is 15.3 Å². The van der Waals surface area contributed by atoms with E-state index in [-0.39, 0.29) is 13.2 Å². The molecular weight excluding hydrogens is 408 g/mol. The van der Waals surface area contributed by atoms with Crippen LogP contribution in [-0.2, 0) is 0 Å². The second-order valence-electron chi connectivity index (χ2n) is 9.58. The van der Waals surface area contributed by atoms with E-state index < -0.39 is 0 Å². The fraction of sp³-hybridized carbons (Fsp3) is 0.667.